The summed E-state index contributed by atoms with van der Waals surface area (Å²) in [6.07, 6.45) is -4.39. The van der Waals surface area contributed by atoms with Gasteiger partial charge in [0.1, 0.15) is 0 Å². The van der Waals surface area contributed by atoms with Crippen molar-refractivity contribution in [3.8, 4) is 0 Å². The van der Waals surface area contributed by atoms with Crippen LogP contribution in [0.1, 0.15) is 22.8 Å². The number of carbonyl (C=O) groups is 1. The highest BCUT2D eigenvalue weighted by Gasteiger charge is 2.33. The van der Waals surface area contributed by atoms with Gasteiger partial charge in [0.2, 0.25) is 0 Å². The van der Waals surface area contributed by atoms with Gasteiger partial charge in [0.05, 0.1) is 5.56 Å². The standard InChI is InChI=1S/C13H14F3IN2O/c1-8-7-19(5-4-18-8)12(20)9-2-3-10(11(17)6-9)13(14,15)16/h2-3,6,8,18H,4-5,7H2,1H3/t8-/m1/s1. The molecule has 1 aromatic rings. The minimum Gasteiger partial charge on any atom is -0.336 e. The molecule has 0 spiro atoms. The molecule has 1 aromatic carbocycles. The van der Waals surface area contributed by atoms with Crippen LogP contribution in [0.2, 0.25) is 0 Å². The third-order valence-corrected chi connectivity index (χ3v) is 4.07. The molecule has 1 aliphatic rings. The molecule has 0 saturated carbocycles. The highest BCUT2D eigenvalue weighted by atomic mass is 127. The topological polar surface area (TPSA) is 32.3 Å². The number of rotatable bonds is 1. The van der Waals surface area contributed by atoms with E-state index >= 15 is 0 Å². The summed E-state index contributed by atoms with van der Waals surface area (Å²) in [7, 11) is 0. The summed E-state index contributed by atoms with van der Waals surface area (Å²) in [5.41, 5.74) is -0.403. The zero-order valence-electron chi connectivity index (χ0n) is 10.8. The van der Waals surface area contributed by atoms with Crippen LogP contribution in [0.25, 0.3) is 0 Å². The molecule has 3 nitrogen and oxygen atoms in total. The fourth-order valence-electron chi connectivity index (χ4n) is 2.18. The zero-order chi connectivity index (χ0) is 14.9. The quantitative estimate of drug-likeness (QED) is 0.739. The first-order valence-electron chi connectivity index (χ1n) is 6.18. The van der Waals surface area contributed by atoms with Crippen LogP contribution in [-0.2, 0) is 6.18 Å². The van der Waals surface area contributed by atoms with Crippen LogP contribution in [-0.4, -0.2) is 36.5 Å². The molecule has 1 atom stereocenters. The van der Waals surface area contributed by atoms with E-state index in [0.717, 1.165) is 6.07 Å². The molecule has 2 rings (SSSR count). The molecular formula is C13H14F3IN2O. The molecule has 1 aliphatic heterocycles. The molecule has 1 amide bonds. The van der Waals surface area contributed by atoms with Gasteiger partial charge < -0.3 is 10.2 Å². The summed E-state index contributed by atoms with van der Waals surface area (Å²) in [6.45, 7) is 3.80. The van der Waals surface area contributed by atoms with Crippen molar-refractivity contribution in [1.29, 1.82) is 0 Å². The first-order chi connectivity index (χ1) is 9.29. The Hall–Kier alpha value is -0.830. The fraction of sp³-hybridized carbons (Fsp3) is 0.462. The lowest BCUT2D eigenvalue weighted by Crippen LogP contribution is -2.51. The molecule has 1 N–H and O–H groups in total. The van der Waals surface area contributed by atoms with Gasteiger partial charge in [-0.2, -0.15) is 13.2 Å². The van der Waals surface area contributed by atoms with Gasteiger partial charge in [0.25, 0.3) is 5.91 Å². The average Bonchev–Trinajstić information content (AvgIpc) is 2.36. The van der Waals surface area contributed by atoms with E-state index in [1.807, 2.05) is 6.92 Å². The molecular weight excluding hydrogens is 384 g/mol. The molecule has 0 aliphatic carbocycles. The highest BCUT2D eigenvalue weighted by molar-refractivity contribution is 14.1. The lowest BCUT2D eigenvalue weighted by atomic mass is 10.1. The van der Waals surface area contributed by atoms with Crippen molar-refractivity contribution in [1.82, 2.24) is 10.2 Å². The molecule has 0 radical (unpaired) electrons. The Morgan fingerprint density at radius 2 is 2.15 bits per heavy atom. The fourth-order valence-corrected chi connectivity index (χ4v) is 3.00. The average molecular weight is 398 g/mol. The number of nitrogens with zero attached hydrogens (tertiary/aromatic N) is 1. The third kappa shape index (κ3) is 3.43. The number of piperazine rings is 1. The van der Waals surface area contributed by atoms with Crippen molar-refractivity contribution in [2.45, 2.75) is 19.1 Å². The van der Waals surface area contributed by atoms with Gasteiger partial charge in [-0.1, -0.05) is 0 Å². The molecule has 1 heterocycles. The molecule has 20 heavy (non-hydrogen) atoms. The van der Waals surface area contributed by atoms with Gasteiger partial charge >= 0.3 is 6.18 Å². The maximum atomic E-state index is 12.7. The predicted octanol–water partition coefficient (Wildman–Crippen LogP) is 2.74. The first-order valence-corrected chi connectivity index (χ1v) is 7.26. The Balaban J connectivity index is 2.21. The summed E-state index contributed by atoms with van der Waals surface area (Å²) < 4.78 is 38.1. The maximum Gasteiger partial charge on any atom is 0.417 e. The second-order valence-electron chi connectivity index (χ2n) is 4.80. The molecule has 0 bridgehead atoms. The van der Waals surface area contributed by atoms with Crippen molar-refractivity contribution in [3.05, 3.63) is 32.9 Å². The van der Waals surface area contributed by atoms with E-state index in [0.29, 0.717) is 25.2 Å². The van der Waals surface area contributed by atoms with Crippen molar-refractivity contribution >= 4 is 28.5 Å². The highest BCUT2D eigenvalue weighted by Crippen LogP contribution is 2.33. The lowest BCUT2D eigenvalue weighted by Gasteiger charge is -2.32. The van der Waals surface area contributed by atoms with Crippen LogP contribution in [0.3, 0.4) is 0 Å². The maximum absolute atomic E-state index is 12.7. The Kier molecular flexibility index (Phi) is 4.58. The Morgan fingerprint density at radius 3 is 2.70 bits per heavy atom. The first kappa shape index (κ1) is 15.6. The van der Waals surface area contributed by atoms with Crippen LogP contribution in [0.4, 0.5) is 13.2 Å². The normalized spacial score (nSPS) is 20.1. The molecule has 1 saturated heterocycles. The van der Waals surface area contributed by atoms with Gasteiger partial charge in [-0.3, -0.25) is 4.79 Å². The summed E-state index contributed by atoms with van der Waals surface area (Å²) in [5, 5.41) is 3.21. The van der Waals surface area contributed by atoms with E-state index in [2.05, 4.69) is 5.32 Å². The minimum absolute atomic E-state index is 0.0455. The van der Waals surface area contributed by atoms with Gasteiger partial charge in [-0.05, 0) is 47.7 Å². The van der Waals surface area contributed by atoms with E-state index in [9.17, 15) is 18.0 Å². The van der Waals surface area contributed by atoms with Crippen LogP contribution < -0.4 is 5.32 Å². The molecule has 7 heteroatoms. The molecule has 1 fully saturated rings. The van der Waals surface area contributed by atoms with Gasteiger partial charge in [-0.15, -0.1) is 0 Å². The number of hydrogen-bond donors (Lipinski definition) is 1. The third-order valence-electron chi connectivity index (χ3n) is 3.18. The van der Waals surface area contributed by atoms with Crippen molar-refractivity contribution in [2.75, 3.05) is 19.6 Å². The molecule has 110 valence electrons. The zero-order valence-corrected chi connectivity index (χ0v) is 13.0. The minimum atomic E-state index is -4.39. The monoisotopic (exact) mass is 398 g/mol. The number of carbonyl (C=O) groups excluding carboxylic acids is 1. The number of amides is 1. The van der Waals surface area contributed by atoms with Crippen molar-refractivity contribution in [3.63, 3.8) is 0 Å². The number of benzene rings is 1. The van der Waals surface area contributed by atoms with E-state index in [-0.39, 0.29) is 15.5 Å². The van der Waals surface area contributed by atoms with Gasteiger partial charge in [-0.25, -0.2) is 0 Å². The van der Waals surface area contributed by atoms with E-state index in [1.165, 1.54) is 12.1 Å². The Morgan fingerprint density at radius 1 is 1.45 bits per heavy atom. The number of alkyl halides is 3. The van der Waals surface area contributed by atoms with Crippen LogP contribution in [0.15, 0.2) is 18.2 Å². The molecule has 0 aromatic heterocycles. The second kappa shape index (κ2) is 5.88. The number of hydrogen-bond acceptors (Lipinski definition) is 2. The number of nitrogens with one attached hydrogen (secondary N) is 1. The van der Waals surface area contributed by atoms with Crippen LogP contribution in [0.5, 0.6) is 0 Å². The van der Waals surface area contributed by atoms with Gasteiger partial charge in [0, 0.05) is 34.8 Å². The van der Waals surface area contributed by atoms with E-state index in [4.69, 9.17) is 0 Å². The smallest absolute Gasteiger partial charge is 0.336 e. The molecule has 0 unspecified atom stereocenters. The largest absolute Gasteiger partial charge is 0.417 e. The SMILES string of the molecule is C[C@@H]1CN(C(=O)c2ccc(C(F)(F)F)c(I)c2)CCN1. The Bertz CT molecular complexity index is 519. The van der Waals surface area contributed by atoms with Crippen molar-refractivity contribution < 1.29 is 18.0 Å². The lowest BCUT2D eigenvalue weighted by molar-refractivity contribution is -0.138. The van der Waals surface area contributed by atoms with Crippen LogP contribution in [0, 0.1) is 3.57 Å². The summed E-state index contributed by atoms with van der Waals surface area (Å²) in [5.74, 6) is -0.218. The predicted molar refractivity (Wildman–Crippen MR) is 77.5 cm³/mol. The second-order valence-corrected chi connectivity index (χ2v) is 5.96. The summed E-state index contributed by atoms with van der Waals surface area (Å²) in [4.78, 5) is 13.9. The van der Waals surface area contributed by atoms with Crippen molar-refractivity contribution in [2.24, 2.45) is 0 Å². The van der Waals surface area contributed by atoms with E-state index in [1.54, 1.807) is 27.5 Å². The Labute approximate surface area is 128 Å². The number of halogens is 4. The van der Waals surface area contributed by atoms with E-state index < -0.39 is 11.7 Å². The summed E-state index contributed by atoms with van der Waals surface area (Å²) in [6, 6.07) is 3.72. The summed E-state index contributed by atoms with van der Waals surface area (Å²) >= 11 is 1.62. The van der Waals surface area contributed by atoms with Gasteiger partial charge in [0.15, 0.2) is 0 Å². The van der Waals surface area contributed by atoms with Crippen LogP contribution >= 0.6 is 22.6 Å².